The second kappa shape index (κ2) is 7.33. The molecule has 1 unspecified atom stereocenters. The minimum absolute atomic E-state index is 0.0240. The van der Waals surface area contributed by atoms with Crippen molar-refractivity contribution in [1.82, 2.24) is 9.80 Å². The molecule has 0 N–H and O–H groups in total. The number of rotatable bonds is 4. The lowest BCUT2D eigenvalue weighted by atomic mass is 9.92. The molecule has 4 rings (SSSR count). The molecule has 1 atom stereocenters. The van der Waals surface area contributed by atoms with E-state index in [2.05, 4.69) is 29.0 Å². The van der Waals surface area contributed by atoms with E-state index in [4.69, 9.17) is 4.74 Å². The zero-order chi connectivity index (χ0) is 18.9. The Morgan fingerprint density at radius 2 is 1.78 bits per heavy atom. The number of likely N-dealkylation sites (tertiary alicyclic amines) is 1. The lowest BCUT2D eigenvalue weighted by Crippen LogP contribution is -2.64. The summed E-state index contributed by atoms with van der Waals surface area (Å²) in [5.74, 6) is 1.07. The van der Waals surface area contributed by atoms with Gasteiger partial charge in [-0.3, -0.25) is 14.6 Å². The van der Waals surface area contributed by atoms with Crippen LogP contribution in [0.4, 0.5) is 5.69 Å². The normalized spacial score (nSPS) is 23.9. The van der Waals surface area contributed by atoms with Gasteiger partial charge in [0.05, 0.1) is 19.2 Å². The van der Waals surface area contributed by atoms with E-state index in [0.717, 1.165) is 44.0 Å². The maximum absolute atomic E-state index is 12.6. The van der Waals surface area contributed by atoms with Crippen LogP contribution in [0.1, 0.15) is 12.0 Å². The third-order valence-corrected chi connectivity index (χ3v) is 5.98. The minimum atomic E-state index is 0.0240. The molecule has 2 heterocycles. The molecule has 2 aliphatic rings. The van der Waals surface area contributed by atoms with Crippen molar-refractivity contribution in [2.75, 3.05) is 45.2 Å². The molecule has 0 radical (unpaired) electrons. The predicted octanol–water partition coefficient (Wildman–Crippen LogP) is 2.62. The Morgan fingerprint density at radius 1 is 1.04 bits per heavy atom. The lowest BCUT2D eigenvalue weighted by molar-refractivity contribution is -0.123. The fourth-order valence-corrected chi connectivity index (χ4v) is 4.31. The van der Waals surface area contributed by atoms with Crippen molar-refractivity contribution in [1.29, 1.82) is 0 Å². The number of anilines is 1. The number of likely N-dealkylation sites (N-methyl/N-ethyl adjacent to an activating group) is 1. The van der Waals surface area contributed by atoms with E-state index in [1.165, 1.54) is 5.56 Å². The Balaban J connectivity index is 1.48. The van der Waals surface area contributed by atoms with E-state index in [1.54, 1.807) is 7.11 Å². The molecule has 1 spiro atoms. The maximum atomic E-state index is 12.6. The Bertz CT molecular complexity index is 793. The lowest BCUT2D eigenvalue weighted by Gasteiger charge is -2.47. The van der Waals surface area contributed by atoms with Gasteiger partial charge in [0.1, 0.15) is 5.75 Å². The summed E-state index contributed by atoms with van der Waals surface area (Å²) in [6.45, 7) is 4.19. The van der Waals surface area contributed by atoms with Crippen LogP contribution in [0.2, 0.25) is 0 Å². The molecular formula is C22H27N3O2. The summed E-state index contributed by atoms with van der Waals surface area (Å²) in [5, 5.41) is 0. The highest BCUT2D eigenvalue weighted by Crippen LogP contribution is 2.34. The standard InChI is InChI=1S/C22H27N3O2/c1-23-15-21(26)25(19-6-4-3-5-7-19)17-22(23)12-13-24(16-22)14-18-8-10-20(27-2)11-9-18/h3-11H,12-17H2,1-2H3. The summed E-state index contributed by atoms with van der Waals surface area (Å²) in [4.78, 5) is 19.4. The number of piperazine rings is 1. The number of carbonyl (C=O) groups is 1. The van der Waals surface area contributed by atoms with E-state index < -0.39 is 0 Å². The van der Waals surface area contributed by atoms with Crippen LogP contribution in [-0.2, 0) is 11.3 Å². The average molecular weight is 365 g/mol. The van der Waals surface area contributed by atoms with E-state index in [0.29, 0.717) is 6.54 Å². The average Bonchev–Trinajstić information content (AvgIpc) is 3.10. The van der Waals surface area contributed by atoms with Crippen molar-refractivity contribution in [3.63, 3.8) is 0 Å². The summed E-state index contributed by atoms with van der Waals surface area (Å²) in [7, 11) is 3.79. The number of hydrogen-bond donors (Lipinski definition) is 0. The van der Waals surface area contributed by atoms with Gasteiger partial charge in [0.15, 0.2) is 0 Å². The number of benzene rings is 2. The first-order valence-electron chi connectivity index (χ1n) is 9.52. The van der Waals surface area contributed by atoms with Crippen LogP contribution in [0.3, 0.4) is 0 Å². The Labute approximate surface area is 161 Å². The third kappa shape index (κ3) is 3.57. The van der Waals surface area contributed by atoms with Crippen molar-refractivity contribution in [2.45, 2.75) is 18.5 Å². The molecule has 0 bridgehead atoms. The molecular weight excluding hydrogens is 338 g/mol. The largest absolute Gasteiger partial charge is 0.497 e. The van der Waals surface area contributed by atoms with Gasteiger partial charge in [-0.1, -0.05) is 30.3 Å². The van der Waals surface area contributed by atoms with E-state index in [1.807, 2.05) is 47.4 Å². The van der Waals surface area contributed by atoms with E-state index >= 15 is 0 Å². The first-order chi connectivity index (χ1) is 13.1. The highest BCUT2D eigenvalue weighted by Gasteiger charge is 2.47. The van der Waals surface area contributed by atoms with Crippen LogP contribution >= 0.6 is 0 Å². The molecule has 2 aliphatic heterocycles. The first kappa shape index (κ1) is 18.0. The monoisotopic (exact) mass is 365 g/mol. The molecule has 2 aromatic carbocycles. The molecule has 1 amide bonds. The van der Waals surface area contributed by atoms with Gasteiger partial charge >= 0.3 is 0 Å². The smallest absolute Gasteiger partial charge is 0.241 e. The number of methoxy groups -OCH3 is 1. The molecule has 0 aromatic heterocycles. The molecule has 5 nitrogen and oxygen atoms in total. The summed E-state index contributed by atoms with van der Waals surface area (Å²) >= 11 is 0. The van der Waals surface area contributed by atoms with Gasteiger partial charge in [0, 0.05) is 31.9 Å². The van der Waals surface area contributed by atoms with Crippen LogP contribution in [0, 0.1) is 0 Å². The zero-order valence-electron chi connectivity index (χ0n) is 16.1. The van der Waals surface area contributed by atoms with Crippen molar-refractivity contribution < 1.29 is 9.53 Å². The molecule has 2 saturated heterocycles. The van der Waals surface area contributed by atoms with Crippen LogP contribution < -0.4 is 9.64 Å². The van der Waals surface area contributed by atoms with Crippen molar-refractivity contribution in [3.05, 3.63) is 60.2 Å². The van der Waals surface area contributed by atoms with E-state index in [-0.39, 0.29) is 11.4 Å². The number of nitrogens with zero attached hydrogens (tertiary/aromatic N) is 3. The number of hydrogen-bond acceptors (Lipinski definition) is 4. The van der Waals surface area contributed by atoms with Crippen LogP contribution in [0.15, 0.2) is 54.6 Å². The van der Waals surface area contributed by atoms with Crippen molar-refractivity contribution >= 4 is 11.6 Å². The van der Waals surface area contributed by atoms with Gasteiger partial charge in [0.2, 0.25) is 5.91 Å². The summed E-state index contributed by atoms with van der Waals surface area (Å²) in [6, 6.07) is 18.3. The number of para-hydroxylation sites is 1. The van der Waals surface area contributed by atoms with Crippen LogP contribution in [0.25, 0.3) is 0 Å². The number of carbonyl (C=O) groups excluding carboxylic acids is 1. The SMILES string of the molecule is COc1ccc(CN2CCC3(C2)CN(c2ccccc2)C(=O)CN3C)cc1. The molecule has 27 heavy (non-hydrogen) atoms. The Hall–Kier alpha value is -2.37. The van der Waals surface area contributed by atoms with Gasteiger partial charge in [-0.2, -0.15) is 0 Å². The minimum Gasteiger partial charge on any atom is -0.497 e. The Morgan fingerprint density at radius 3 is 2.48 bits per heavy atom. The van der Waals surface area contributed by atoms with E-state index in [9.17, 15) is 4.79 Å². The summed E-state index contributed by atoms with van der Waals surface area (Å²) in [6.07, 6.45) is 1.08. The molecule has 5 heteroatoms. The quantitative estimate of drug-likeness (QED) is 0.835. The van der Waals surface area contributed by atoms with Gasteiger partial charge < -0.3 is 9.64 Å². The van der Waals surface area contributed by atoms with Gasteiger partial charge in [-0.05, 0) is 43.3 Å². The molecule has 2 aromatic rings. The molecule has 0 saturated carbocycles. The molecule has 142 valence electrons. The third-order valence-electron chi connectivity index (χ3n) is 5.98. The van der Waals surface area contributed by atoms with Gasteiger partial charge in [-0.25, -0.2) is 0 Å². The van der Waals surface area contributed by atoms with Crippen molar-refractivity contribution in [3.8, 4) is 5.75 Å². The first-order valence-corrected chi connectivity index (χ1v) is 9.52. The van der Waals surface area contributed by atoms with Crippen LogP contribution in [-0.4, -0.2) is 61.6 Å². The fraction of sp³-hybridized carbons (Fsp3) is 0.409. The highest BCUT2D eigenvalue weighted by atomic mass is 16.5. The maximum Gasteiger partial charge on any atom is 0.241 e. The topological polar surface area (TPSA) is 36.0 Å². The summed E-state index contributed by atoms with van der Waals surface area (Å²) < 4.78 is 5.25. The van der Waals surface area contributed by atoms with Gasteiger partial charge in [0.25, 0.3) is 0 Å². The number of ether oxygens (including phenoxy) is 1. The second-order valence-electron chi connectivity index (χ2n) is 7.70. The summed E-state index contributed by atoms with van der Waals surface area (Å²) in [5.41, 5.74) is 2.32. The molecule has 0 aliphatic carbocycles. The van der Waals surface area contributed by atoms with Crippen LogP contribution in [0.5, 0.6) is 5.75 Å². The fourth-order valence-electron chi connectivity index (χ4n) is 4.31. The van der Waals surface area contributed by atoms with Crippen molar-refractivity contribution in [2.24, 2.45) is 0 Å². The number of amides is 1. The zero-order valence-corrected chi connectivity index (χ0v) is 16.1. The molecule has 2 fully saturated rings. The van der Waals surface area contributed by atoms with Gasteiger partial charge in [-0.15, -0.1) is 0 Å². The second-order valence-corrected chi connectivity index (χ2v) is 7.70. The Kier molecular flexibility index (Phi) is 4.89. The highest BCUT2D eigenvalue weighted by molar-refractivity contribution is 5.96. The predicted molar refractivity (Wildman–Crippen MR) is 107 cm³/mol.